The van der Waals surface area contributed by atoms with E-state index in [1.165, 1.54) is 263 Å². The van der Waals surface area contributed by atoms with Gasteiger partial charge in [0, 0.05) is 25.7 Å². The Labute approximate surface area is 638 Å². The van der Waals surface area contributed by atoms with E-state index in [1.807, 2.05) is 0 Å². The molecule has 0 amide bonds. The second-order valence-corrected chi connectivity index (χ2v) is 34.2. The third-order valence-electron chi connectivity index (χ3n) is 20.3. The molecule has 17 nitrogen and oxygen atoms in total. The minimum Gasteiger partial charge on any atom is -0.462 e. The van der Waals surface area contributed by atoms with Crippen molar-refractivity contribution in [2.24, 2.45) is 11.8 Å². The third kappa shape index (κ3) is 76.8. The molecule has 0 spiro atoms. The first-order valence-corrected chi connectivity index (χ1v) is 47.0. The Bertz CT molecular complexity index is 2000. The van der Waals surface area contributed by atoms with Crippen molar-refractivity contribution in [3.05, 3.63) is 0 Å². The Morgan fingerprint density at radius 3 is 0.731 bits per heavy atom. The van der Waals surface area contributed by atoms with Gasteiger partial charge in [-0.3, -0.25) is 37.3 Å². The number of aliphatic hydroxyl groups excluding tert-OH is 1. The summed E-state index contributed by atoms with van der Waals surface area (Å²) in [7, 11) is -9.92. The molecule has 0 aliphatic heterocycles. The van der Waals surface area contributed by atoms with Crippen LogP contribution in [0.15, 0.2) is 0 Å². The van der Waals surface area contributed by atoms with E-state index in [9.17, 15) is 43.2 Å². The number of rotatable bonds is 84. The first-order chi connectivity index (χ1) is 50.4. The van der Waals surface area contributed by atoms with Crippen LogP contribution in [-0.2, 0) is 65.4 Å². The van der Waals surface area contributed by atoms with Gasteiger partial charge in [0.25, 0.3) is 0 Å². The number of esters is 4. The fourth-order valence-electron chi connectivity index (χ4n) is 13.2. The summed E-state index contributed by atoms with van der Waals surface area (Å²) < 4.78 is 68.8. The molecule has 0 aromatic carbocycles. The summed E-state index contributed by atoms with van der Waals surface area (Å²) in [6.07, 6.45) is 68.5. The zero-order valence-corrected chi connectivity index (χ0v) is 70.1. The molecule has 0 rings (SSSR count). The van der Waals surface area contributed by atoms with Crippen LogP contribution in [0.5, 0.6) is 0 Å². The number of carbonyl (C=O) groups excluding carboxylic acids is 4. The highest BCUT2D eigenvalue weighted by molar-refractivity contribution is 7.47. The average molecular weight is 1520 g/mol. The van der Waals surface area contributed by atoms with Crippen LogP contribution >= 0.6 is 15.6 Å². The lowest BCUT2D eigenvalue weighted by atomic mass is 9.99. The van der Waals surface area contributed by atoms with E-state index in [1.54, 1.807) is 0 Å². The van der Waals surface area contributed by atoms with Gasteiger partial charge >= 0.3 is 39.5 Å². The molecule has 0 bridgehead atoms. The Balaban J connectivity index is 5.18. The van der Waals surface area contributed by atoms with Gasteiger partial charge in [-0.05, 0) is 37.5 Å². The molecule has 0 aromatic rings. The summed E-state index contributed by atoms with van der Waals surface area (Å²) in [5.41, 5.74) is 0. The number of hydrogen-bond acceptors (Lipinski definition) is 15. The molecule has 618 valence electrons. The second kappa shape index (κ2) is 76.4. The molecule has 0 saturated carbocycles. The first-order valence-electron chi connectivity index (χ1n) is 44.0. The minimum atomic E-state index is -4.96. The standard InChI is InChI=1S/C85H166O17P2/c1-7-10-12-14-16-18-20-22-24-26-28-30-32-34-36-38-40-42-44-49-57-63-69-84(89)101-80(73-95-82(87)67-61-55-48-43-41-39-37-35-33-31-29-27-25-23-21-19-17-15-13-11-8-2)75-99-103(91,92)97-71-79(86)72-98-104(93,94)100-76-81(74-96-83(88)68-62-56-52-51-53-59-65-77(4)5)102-85(90)70-64-58-50-46-45-47-54-60-66-78(6)9-3/h77-81,86H,7-76H2,1-6H3,(H,91,92)(H,93,94)/t78?,79-,80-,81-/m1/s1. The van der Waals surface area contributed by atoms with E-state index in [0.29, 0.717) is 31.6 Å². The molecular weight excluding hydrogens is 1350 g/mol. The number of ether oxygens (including phenoxy) is 4. The zero-order valence-electron chi connectivity index (χ0n) is 68.3. The highest BCUT2D eigenvalue weighted by atomic mass is 31.2. The van der Waals surface area contributed by atoms with Crippen LogP contribution in [0, 0.1) is 11.8 Å². The van der Waals surface area contributed by atoms with Crippen LogP contribution in [0.1, 0.15) is 452 Å². The molecule has 3 unspecified atom stereocenters. The maximum absolute atomic E-state index is 13.1. The topological polar surface area (TPSA) is 237 Å². The summed E-state index contributed by atoms with van der Waals surface area (Å²) >= 11 is 0. The smallest absolute Gasteiger partial charge is 0.462 e. The van der Waals surface area contributed by atoms with Crippen molar-refractivity contribution in [2.45, 2.75) is 471 Å². The van der Waals surface area contributed by atoms with Crippen LogP contribution in [0.2, 0.25) is 0 Å². The van der Waals surface area contributed by atoms with Gasteiger partial charge in [-0.2, -0.15) is 0 Å². The molecule has 6 atom stereocenters. The van der Waals surface area contributed by atoms with Gasteiger partial charge in [-0.1, -0.05) is 401 Å². The summed E-state index contributed by atoms with van der Waals surface area (Å²) in [6, 6.07) is 0. The van der Waals surface area contributed by atoms with E-state index >= 15 is 0 Å². The van der Waals surface area contributed by atoms with Crippen LogP contribution in [-0.4, -0.2) is 96.7 Å². The predicted octanol–water partition coefficient (Wildman–Crippen LogP) is 25.8. The van der Waals surface area contributed by atoms with Gasteiger partial charge in [0.15, 0.2) is 12.2 Å². The molecule has 19 heteroatoms. The van der Waals surface area contributed by atoms with Crippen LogP contribution in [0.4, 0.5) is 0 Å². The van der Waals surface area contributed by atoms with Crippen molar-refractivity contribution in [3.63, 3.8) is 0 Å². The molecule has 0 fully saturated rings. The van der Waals surface area contributed by atoms with Crippen molar-refractivity contribution in [2.75, 3.05) is 39.6 Å². The molecule has 3 N–H and O–H groups in total. The lowest BCUT2D eigenvalue weighted by Crippen LogP contribution is -2.30. The highest BCUT2D eigenvalue weighted by Gasteiger charge is 2.30. The maximum Gasteiger partial charge on any atom is 0.472 e. The fourth-order valence-corrected chi connectivity index (χ4v) is 14.8. The fraction of sp³-hybridized carbons (Fsp3) is 0.953. The number of phosphoric ester groups is 2. The Morgan fingerprint density at radius 1 is 0.279 bits per heavy atom. The Morgan fingerprint density at radius 2 is 0.490 bits per heavy atom. The van der Waals surface area contributed by atoms with Crippen molar-refractivity contribution >= 4 is 39.5 Å². The summed E-state index contributed by atoms with van der Waals surface area (Å²) in [4.78, 5) is 73.1. The minimum absolute atomic E-state index is 0.104. The van der Waals surface area contributed by atoms with Gasteiger partial charge in [0.05, 0.1) is 26.4 Å². The third-order valence-corrected chi connectivity index (χ3v) is 22.2. The predicted molar refractivity (Wildman–Crippen MR) is 428 cm³/mol. The quantitative estimate of drug-likeness (QED) is 0.0222. The number of hydrogen-bond donors (Lipinski definition) is 3. The van der Waals surface area contributed by atoms with Gasteiger partial charge in [0.1, 0.15) is 19.3 Å². The number of aliphatic hydroxyl groups is 1. The molecular formula is C85H166O17P2. The highest BCUT2D eigenvalue weighted by Crippen LogP contribution is 2.45. The molecule has 0 heterocycles. The van der Waals surface area contributed by atoms with Crippen LogP contribution < -0.4 is 0 Å². The molecule has 0 radical (unpaired) electrons. The summed E-state index contributed by atoms with van der Waals surface area (Å²) in [6.45, 7) is 9.56. The molecule has 104 heavy (non-hydrogen) atoms. The van der Waals surface area contributed by atoms with E-state index in [2.05, 4.69) is 41.5 Å². The second-order valence-electron chi connectivity index (χ2n) is 31.3. The SMILES string of the molecule is CCCCCCCCCCCCCCCCCCCCCCCCC(=O)O[C@H](COC(=O)CCCCCCCCCCCCCCCCCCCCCCC)COP(=O)(O)OC[C@@H](O)COP(=O)(O)OC[C@@H](COC(=O)CCCCCCCCC(C)C)OC(=O)CCCCCCCCCCC(C)CC. The van der Waals surface area contributed by atoms with Crippen LogP contribution in [0.25, 0.3) is 0 Å². The van der Waals surface area contributed by atoms with E-state index < -0.39 is 97.5 Å². The van der Waals surface area contributed by atoms with Crippen molar-refractivity contribution in [1.29, 1.82) is 0 Å². The normalized spacial score (nSPS) is 14.1. The van der Waals surface area contributed by atoms with Crippen molar-refractivity contribution in [1.82, 2.24) is 0 Å². The average Bonchev–Trinajstić information content (AvgIpc) is 0.901. The first kappa shape index (κ1) is 102. The van der Waals surface area contributed by atoms with Gasteiger partial charge in [0.2, 0.25) is 0 Å². The van der Waals surface area contributed by atoms with Gasteiger partial charge in [-0.25, -0.2) is 9.13 Å². The van der Waals surface area contributed by atoms with E-state index in [0.717, 1.165) is 102 Å². The van der Waals surface area contributed by atoms with Crippen molar-refractivity contribution < 1.29 is 80.2 Å². The monoisotopic (exact) mass is 1520 g/mol. The summed E-state index contributed by atoms with van der Waals surface area (Å²) in [5.74, 6) is -0.662. The Hall–Kier alpha value is -1.94. The van der Waals surface area contributed by atoms with Gasteiger partial charge < -0.3 is 33.8 Å². The molecule has 0 aromatic heterocycles. The maximum atomic E-state index is 13.1. The number of unbranched alkanes of at least 4 members (excludes halogenated alkanes) is 53. The molecule has 0 aliphatic rings. The summed E-state index contributed by atoms with van der Waals surface area (Å²) in [5, 5.41) is 10.7. The lowest BCUT2D eigenvalue weighted by molar-refractivity contribution is -0.161. The lowest BCUT2D eigenvalue weighted by Gasteiger charge is -2.21. The van der Waals surface area contributed by atoms with Gasteiger partial charge in [-0.15, -0.1) is 0 Å². The molecule has 0 aliphatic carbocycles. The number of carbonyl (C=O) groups is 4. The number of phosphoric acid groups is 2. The van der Waals surface area contributed by atoms with E-state index in [4.69, 9.17) is 37.0 Å². The largest absolute Gasteiger partial charge is 0.472 e. The molecule has 0 saturated heterocycles. The van der Waals surface area contributed by atoms with Crippen LogP contribution in [0.3, 0.4) is 0 Å². The van der Waals surface area contributed by atoms with E-state index in [-0.39, 0.29) is 25.7 Å². The Kier molecular flexibility index (Phi) is 75.0. The zero-order chi connectivity index (χ0) is 76.4. The van der Waals surface area contributed by atoms with Crippen molar-refractivity contribution in [3.8, 4) is 0 Å².